The Bertz CT molecular complexity index is 751. The van der Waals surface area contributed by atoms with Crippen LogP contribution in [0.5, 0.6) is 0 Å². The summed E-state index contributed by atoms with van der Waals surface area (Å²) in [7, 11) is -1.61. The van der Waals surface area contributed by atoms with Gasteiger partial charge in [0.05, 0.1) is 8.07 Å². The quantitative estimate of drug-likeness (QED) is 0.516. The van der Waals surface area contributed by atoms with Crippen molar-refractivity contribution in [3.05, 3.63) is 82.9 Å². The zero-order valence-electron chi connectivity index (χ0n) is 16.4. The average molecular weight is 352 g/mol. The first-order chi connectivity index (χ1) is 12.3. The van der Waals surface area contributed by atoms with Gasteiger partial charge in [-0.3, -0.25) is 0 Å². The van der Waals surface area contributed by atoms with E-state index in [0.29, 0.717) is 11.1 Å². The van der Waals surface area contributed by atoms with Crippen LogP contribution in [0, 0.1) is 0 Å². The minimum absolute atomic E-state index is 0. The second-order valence-electron chi connectivity index (χ2n) is 7.66. The van der Waals surface area contributed by atoms with Crippen LogP contribution in [0.25, 0.3) is 12.2 Å². The molecule has 0 amide bonds. The molecular formula is C24H28LiSi. The molecule has 0 bridgehead atoms. The van der Waals surface area contributed by atoms with Gasteiger partial charge in [0.1, 0.15) is 0 Å². The third-order valence-electron chi connectivity index (χ3n) is 6.27. The van der Waals surface area contributed by atoms with Gasteiger partial charge >= 0.3 is 0 Å². The predicted molar refractivity (Wildman–Crippen MR) is 118 cm³/mol. The van der Waals surface area contributed by atoms with Crippen LogP contribution in [0.3, 0.4) is 0 Å². The van der Waals surface area contributed by atoms with E-state index in [1.807, 2.05) is 0 Å². The van der Waals surface area contributed by atoms with Crippen molar-refractivity contribution in [1.82, 2.24) is 0 Å². The van der Waals surface area contributed by atoms with Gasteiger partial charge in [0.25, 0.3) is 0 Å². The average Bonchev–Trinajstić information content (AvgIpc) is 3.26. The van der Waals surface area contributed by atoms with Crippen molar-refractivity contribution in [2.24, 2.45) is 0 Å². The normalized spacial score (nSPS) is 19.9. The van der Waals surface area contributed by atoms with Crippen LogP contribution in [-0.2, 0) is 0 Å². The van der Waals surface area contributed by atoms with E-state index in [2.05, 4.69) is 86.7 Å². The summed E-state index contributed by atoms with van der Waals surface area (Å²) in [4.78, 5) is 0. The number of fused-ring (bicyclic) bond motifs is 2. The molecule has 0 fully saturated rings. The first-order valence-corrected chi connectivity index (χ1v) is 12.4. The molecular weight excluding hydrogens is 323 g/mol. The Morgan fingerprint density at radius 1 is 0.692 bits per heavy atom. The Labute approximate surface area is 171 Å². The Morgan fingerprint density at radius 3 is 1.54 bits per heavy atom. The number of allylic oxidation sites excluding steroid dienone is 2. The molecule has 0 aliphatic heterocycles. The van der Waals surface area contributed by atoms with Crippen molar-refractivity contribution in [1.29, 1.82) is 0 Å². The van der Waals surface area contributed by atoms with Crippen LogP contribution in [0.4, 0.5) is 0 Å². The van der Waals surface area contributed by atoms with E-state index < -0.39 is 8.07 Å². The maximum atomic E-state index is 2.55. The fourth-order valence-electron chi connectivity index (χ4n) is 5.37. The maximum Gasteiger partial charge on any atom is 0.0774 e. The number of hydrogen-bond acceptors (Lipinski definition) is 0. The molecule has 2 heteroatoms. The second-order valence-corrected chi connectivity index (χ2v) is 12.4. The van der Waals surface area contributed by atoms with E-state index in [0.717, 1.165) is 0 Å². The molecule has 2 unspecified atom stereocenters. The van der Waals surface area contributed by atoms with E-state index in [1.165, 1.54) is 36.1 Å². The Morgan fingerprint density at radius 2 is 1.12 bits per heavy atom. The van der Waals surface area contributed by atoms with Gasteiger partial charge in [0.2, 0.25) is 0 Å². The molecule has 2 aliphatic carbocycles. The van der Waals surface area contributed by atoms with Gasteiger partial charge in [0, 0.05) is 18.9 Å². The van der Waals surface area contributed by atoms with E-state index in [1.54, 1.807) is 11.1 Å². The molecule has 4 rings (SSSR count). The predicted octanol–water partition coefficient (Wildman–Crippen LogP) is 6.57. The van der Waals surface area contributed by atoms with Crippen molar-refractivity contribution >= 4 is 39.1 Å². The second kappa shape index (κ2) is 8.18. The van der Waals surface area contributed by atoms with Crippen molar-refractivity contribution in [2.45, 2.75) is 49.9 Å². The molecule has 0 spiro atoms. The molecule has 0 saturated heterocycles. The van der Waals surface area contributed by atoms with Gasteiger partial charge in [0.15, 0.2) is 0 Å². The minimum Gasteiger partial charge on any atom is -0.0791 e. The molecule has 2 aromatic carbocycles. The van der Waals surface area contributed by atoms with Crippen molar-refractivity contribution < 1.29 is 0 Å². The standard InChI is InChI=1S/C24H28Si.Li/c1-3-17-25(18-4-2,23-15-13-19-9-5-7-11-21(19)23)24-16-14-20-10-6-8-12-22(20)24;/h5-16,23-24H,3-4,17-18H2,1-2H3;. The van der Waals surface area contributed by atoms with E-state index in [9.17, 15) is 0 Å². The maximum absolute atomic E-state index is 2.55. The fraction of sp³-hybridized carbons (Fsp3) is 0.333. The topological polar surface area (TPSA) is 0 Å². The molecule has 0 saturated carbocycles. The first-order valence-electron chi connectivity index (χ1n) is 9.84. The Kier molecular flexibility index (Phi) is 6.13. The van der Waals surface area contributed by atoms with Gasteiger partial charge in [-0.1, -0.05) is 112 Å². The van der Waals surface area contributed by atoms with Gasteiger partial charge in [-0.25, -0.2) is 0 Å². The van der Waals surface area contributed by atoms with Crippen LogP contribution in [-0.4, -0.2) is 26.9 Å². The van der Waals surface area contributed by atoms with Gasteiger partial charge in [-0.05, 0) is 33.3 Å². The smallest absolute Gasteiger partial charge is 0.0774 e. The third kappa shape index (κ3) is 3.11. The SMILES string of the molecule is CCC[Si](CCC)(C1C=Cc2ccccc21)C1C=Cc2ccccc21.[Li]. The minimum atomic E-state index is -1.61. The van der Waals surface area contributed by atoms with Crippen LogP contribution >= 0.6 is 0 Å². The molecule has 1 radical (unpaired) electrons. The van der Waals surface area contributed by atoms with E-state index in [-0.39, 0.29) is 18.9 Å². The number of rotatable bonds is 6. The van der Waals surface area contributed by atoms with Gasteiger partial charge < -0.3 is 0 Å². The summed E-state index contributed by atoms with van der Waals surface area (Å²) < 4.78 is 0. The van der Waals surface area contributed by atoms with Crippen LogP contribution < -0.4 is 0 Å². The Balaban J connectivity index is 0.00000196. The summed E-state index contributed by atoms with van der Waals surface area (Å²) in [6, 6.07) is 21.0. The number of hydrogen-bond donors (Lipinski definition) is 0. The van der Waals surface area contributed by atoms with Crippen molar-refractivity contribution in [3.63, 3.8) is 0 Å². The summed E-state index contributed by atoms with van der Waals surface area (Å²) >= 11 is 0. The molecule has 2 atom stereocenters. The van der Waals surface area contributed by atoms with Crippen LogP contribution in [0.15, 0.2) is 60.7 Å². The summed E-state index contributed by atoms with van der Waals surface area (Å²) in [6.45, 7) is 4.76. The molecule has 26 heavy (non-hydrogen) atoms. The molecule has 129 valence electrons. The van der Waals surface area contributed by atoms with Crippen molar-refractivity contribution in [2.75, 3.05) is 0 Å². The summed E-state index contributed by atoms with van der Waals surface area (Å²) in [5.41, 5.74) is 7.40. The molecule has 2 aliphatic rings. The monoisotopic (exact) mass is 351 g/mol. The summed E-state index contributed by atoms with van der Waals surface area (Å²) in [5.74, 6) is 0. The largest absolute Gasteiger partial charge is 0.0791 e. The first kappa shape index (κ1) is 19.5. The van der Waals surface area contributed by atoms with Crippen LogP contribution in [0.2, 0.25) is 12.1 Å². The zero-order valence-corrected chi connectivity index (χ0v) is 17.4. The van der Waals surface area contributed by atoms with Crippen molar-refractivity contribution in [3.8, 4) is 0 Å². The van der Waals surface area contributed by atoms with Gasteiger partial charge in [-0.2, -0.15) is 0 Å². The third-order valence-corrected chi connectivity index (χ3v) is 12.6. The molecule has 0 N–H and O–H groups in total. The van der Waals surface area contributed by atoms with Gasteiger partial charge in [-0.15, -0.1) is 0 Å². The molecule has 2 aromatic rings. The van der Waals surface area contributed by atoms with E-state index in [4.69, 9.17) is 0 Å². The fourth-order valence-corrected chi connectivity index (χ4v) is 11.8. The van der Waals surface area contributed by atoms with Crippen LogP contribution in [0.1, 0.15) is 60.0 Å². The summed E-state index contributed by atoms with van der Waals surface area (Å²) in [6.07, 6.45) is 12.5. The van der Waals surface area contributed by atoms with E-state index >= 15 is 0 Å². The zero-order chi connectivity index (χ0) is 17.3. The molecule has 0 nitrogen and oxygen atoms in total. The number of benzene rings is 2. The molecule has 0 heterocycles. The molecule has 0 aromatic heterocycles. The summed E-state index contributed by atoms with van der Waals surface area (Å²) in [5, 5.41) is 0. The Hall–Kier alpha value is -1.27.